The van der Waals surface area contributed by atoms with E-state index in [4.69, 9.17) is 11.6 Å². The number of halogens is 2. The molecule has 0 aliphatic heterocycles. The molecule has 0 aliphatic carbocycles. The average Bonchev–Trinajstić information content (AvgIpc) is 2.34. The minimum Gasteiger partial charge on any atom is -0.395 e. The predicted molar refractivity (Wildman–Crippen MR) is 80.5 cm³/mol. The maximum Gasteiger partial charge on any atom is 0.253 e. The molecule has 0 heterocycles. The van der Waals surface area contributed by atoms with Gasteiger partial charge < -0.3 is 10.4 Å². The molecule has 0 spiro atoms. The third-order valence-electron chi connectivity index (χ3n) is 2.60. The van der Waals surface area contributed by atoms with E-state index in [1.165, 1.54) is 11.8 Å². The van der Waals surface area contributed by atoms with Gasteiger partial charge in [0.25, 0.3) is 5.91 Å². The van der Waals surface area contributed by atoms with Crippen LogP contribution in [0.25, 0.3) is 0 Å². The van der Waals surface area contributed by atoms with E-state index in [1.54, 1.807) is 18.2 Å². The first-order valence-electron chi connectivity index (χ1n) is 5.39. The van der Waals surface area contributed by atoms with Crippen LogP contribution in [0.2, 0.25) is 5.02 Å². The number of nitrogens with one attached hydrogen (secondary N) is 1. The van der Waals surface area contributed by atoms with Crippen LogP contribution in [-0.2, 0) is 0 Å². The second kappa shape index (κ2) is 7.38. The summed E-state index contributed by atoms with van der Waals surface area (Å²) in [6.45, 7) is 1.88. The lowest BCUT2D eigenvalue weighted by Crippen LogP contribution is -2.41. The number of hydrogen-bond acceptors (Lipinski definition) is 3. The second-order valence-electron chi connectivity index (χ2n) is 3.82. The van der Waals surface area contributed by atoms with Crippen LogP contribution < -0.4 is 5.32 Å². The molecule has 1 aromatic rings. The maximum atomic E-state index is 12.1. The van der Waals surface area contributed by atoms with Crippen LogP contribution >= 0.6 is 39.3 Å². The molecule has 0 saturated carbocycles. The van der Waals surface area contributed by atoms with E-state index < -0.39 is 0 Å². The first kappa shape index (κ1) is 15.8. The molecule has 1 rings (SSSR count). The highest BCUT2D eigenvalue weighted by Crippen LogP contribution is 2.26. The van der Waals surface area contributed by atoms with Gasteiger partial charge >= 0.3 is 0 Å². The van der Waals surface area contributed by atoms with Crippen molar-refractivity contribution in [3.63, 3.8) is 0 Å². The lowest BCUT2D eigenvalue weighted by Gasteiger charge is -2.21. The Labute approximate surface area is 124 Å². The predicted octanol–water partition coefficient (Wildman–Crippen LogP) is 2.94. The number of carbonyl (C=O) groups excluding carboxylic acids is 1. The van der Waals surface area contributed by atoms with Crippen molar-refractivity contribution >= 4 is 45.2 Å². The first-order chi connectivity index (χ1) is 8.51. The van der Waals surface area contributed by atoms with Gasteiger partial charge in [0.1, 0.15) is 0 Å². The Kier molecular flexibility index (Phi) is 6.49. The van der Waals surface area contributed by atoms with E-state index in [9.17, 15) is 9.90 Å². The van der Waals surface area contributed by atoms with Crippen molar-refractivity contribution in [1.29, 1.82) is 0 Å². The molecule has 0 aromatic heterocycles. The van der Waals surface area contributed by atoms with Crippen LogP contribution in [0.15, 0.2) is 22.7 Å². The molecular formula is C12H15BrClNO2S. The highest BCUT2D eigenvalue weighted by atomic mass is 79.9. The Balaban J connectivity index is 2.79. The number of thioether (sulfide) groups is 1. The second-order valence-corrected chi connectivity index (χ2v) is 6.13. The highest BCUT2D eigenvalue weighted by molar-refractivity contribution is 9.10. The monoisotopic (exact) mass is 351 g/mol. The van der Waals surface area contributed by atoms with Crippen molar-refractivity contribution in [3.05, 3.63) is 33.3 Å². The third kappa shape index (κ3) is 3.88. The Hall–Kier alpha value is -0.230. The fourth-order valence-electron chi connectivity index (χ4n) is 1.49. The van der Waals surface area contributed by atoms with Crippen LogP contribution in [0.5, 0.6) is 0 Å². The summed E-state index contributed by atoms with van der Waals surface area (Å²) >= 11 is 10.9. The molecule has 0 radical (unpaired) electrons. The summed E-state index contributed by atoms with van der Waals surface area (Å²) in [5.74, 6) is -0.235. The zero-order valence-electron chi connectivity index (χ0n) is 10.1. The van der Waals surface area contributed by atoms with E-state index in [-0.39, 0.29) is 23.8 Å². The van der Waals surface area contributed by atoms with Crippen molar-refractivity contribution in [3.8, 4) is 0 Å². The quantitative estimate of drug-likeness (QED) is 0.856. The lowest BCUT2D eigenvalue weighted by atomic mass is 10.1. The van der Waals surface area contributed by atoms with E-state index in [1.807, 2.05) is 13.2 Å². The van der Waals surface area contributed by atoms with Crippen LogP contribution in [0.1, 0.15) is 17.3 Å². The van der Waals surface area contributed by atoms with Gasteiger partial charge in [0.15, 0.2) is 0 Å². The minimum absolute atomic E-state index is 0.0226. The summed E-state index contributed by atoms with van der Waals surface area (Å²) in [4.78, 5) is 12.1. The van der Waals surface area contributed by atoms with Crippen LogP contribution in [0.3, 0.4) is 0 Å². The largest absolute Gasteiger partial charge is 0.395 e. The molecule has 2 atom stereocenters. The molecule has 2 N–H and O–H groups in total. The zero-order chi connectivity index (χ0) is 13.7. The number of rotatable bonds is 5. The number of aliphatic hydroxyl groups excluding tert-OH is 1. The highest BCUT2D eigenvalue weighted by Gasteiger charge is 2.19. The fraction of sp³-hybridized carbons (Fsp3) is 0.417. The lowest BCUT2D eigenvalue weighted by molar-refractivity contribution is 0.0936. The topological polar surface area (TPSA) is 49.3 Å². The normalized spacial score (nSPS) is 14.1. The molecule has 100 valence electrons. The molecule has 3 nitrogen and oxygen atoms in total. The van der Waals surface area contributed by atoms with Crippen molar-refractivity contribution in [2.45, 2.75) is 18.2 Å². The molecule has 18 heavy (non-hydrogen) atoms. The Morgan fingerprint density at radius 2 is 2.28 bits per heavy atom. The zero-order valence-corrected chi connectivity index (χ0v) is 13.3. The van der Waals surface area contributed by atoms with E-state index in [0.29, 0.717) is 15.1 Å². The Morgan fingerprint density at radius 3 is 2.83 bits per heavy atom. The van der Waals surface area contributed by atoms with Gasteiger partial charge in [-0.15, -0.1) is 0 Å². The van der Waals surface area contributed by atoms with E-state index >= 15 is 0 Å². The molecule has 6 heteroatoms. The molecule has 0 bridgehead atoms. The molecule has 0 fully saturated rings. The van der Waals surface area contributed by atoms with Crippen molar-refractivity contribution in [2.75, 3.05) is 12.9 Å². The SMILES string of the molecule is CSC(CO)C(C)NC(=O)c1cccc(Br)c1Cl. The smallest absolute Gasteiger partial charge is 0.253 e. The maximum absolute atomic E-state index is 12.1. The average molecular weight is 353 g/mol. The standard InChI is InChI=1S/C12H15BrClNO2S/c1-7(10(6-16)18-2)15-12(17)8-4-3-5-9(13)11(8)14/h3-5,7,10,16H,6H2,1-2H3,(H,15,17). The van der Waals surface area contributed by atoms with Crippen molar-refractivity contribution in [2.24, 2.45) is 0 Å². The Bertz CT molecular complexity index is 427. The molecular weight excluding hydrogens is 338 g/mol. The van der Waals surface area contributed by atoms with Gasteiger partial charge in [0.05, 0.1) is 17.2 Å². The van der Waals surface area contributed by atoms with Crippen LogP contribution in [0, 0.1) is 0 Å². The van der Waals surface area contributed by atoms with Crippen molar-refractivity contribution < 1.29 is 9.90 Å². The number of benzene rings is 1. The van der Waals surface area contributed by atoms with Gasteiger partial charge in [-0.05, 0) is 41.2 Å². The van der Waals surface area contributed by atoms with Crippen LogP contribution in [-0.4, -0.2) is 35.2 Å². The fourth-order valence-corrected chi connectivity index (χ4v) is 2.70. The van der Waals surface area contributed by atoms with Crippen molar-refractivity contribution in [1.82, 2.24) is 5.32 Å². The van der Waals surface area contributed by atoms with Crippen LogP contribution in [0.4, 0.5) is 0 Å². The van der Waals surface area contributed by atoms with Gasteiger partial charge in [-0.3, -0.25) is 4.79 Å². The molecule has 1 aromatic carbocycles. The van der Waals surface area contributed by atoms with Gasteiger partial charge in [-0.2, -0.15) is 11.8 Å². The number of aliphatic hydroxyl groups is 1. The minimum atomic E-state index is -0.235. The summed E-state index contributed by atoms with van der Waals surface area (Å²) in [5, 5.41) is 12.4. The molecule has 0 aliphatic rings. The van der Waals surface area contributed by atoms with Gasteiger partial charge in [0.2, 0.25) is 0 Å². The Morgan fingerprint density at radius 1 is 1.61 bits per heavy atom. The molecule has 1 amide bonds. The summed E-state index contributed by atoms with van der Waals surface area (Å²) in [6, 6.07) is 5.07. The molecule has 0 saturated heterocycles. The molecule has 2 unspecified atom stereocenters. The first-order valence-corrected chi connectivity index (χ1v) is 7.85. The van der Waals surface area contributed by atoms with Gasteiger partial charge in [-0.25, -0.2) is 0 Å². The van der Waals surface area contributed by atoms with E-state index in [2.05, 4.69) is 21.2 Å². The van der Waals surface area contributed by atoms with Gasteiger partial charge in [-0.1, -0.05) is 17.7 Å². The summed E-state index contributed by atoms with van der Waals surface area (Å²) < 4.78 is 0.688. The van der Waals surface area contributed by atoms with Gasteiger partial charge in [0, 0.05) is 15.8 Å². The number of amides is 1. The summed E-state index contributed by atoms with van der Waals surface area (Å²) in [6.07, 6.45) is 1.90. The summed E-state index contributed by atoms with van der Waals surface area (Å²) in [5.41, 5.74) is 0.427. The number of hydrogen-bond donors (Lipinski definition) is 2. The van der Waals surface area contributed by atoms with E-state index in [0.717, 1.165) is 0 Å². The third-order valence-corrected chi connectivity index (χ3v) is 5.05. The summed E-state index contributed by atoms with van der Waals surface area (Å²) in [7, 11) is 0. The number of carbonyl (C=O) groups is 1.